The first-order valence-electron chi connectivity index (χ1n) is 8.02. The molecule has 6 heteroatoms. The van der Waals surface area contributed by atoms with Gasteiger partial charge in [-0.1, -0.05) is 6.92 Å². The molecular formula is C15H26N6. The molecule has 1 unspecified atom stereocenters. The second-order valence-electron chi connectivity index (χ2n) is 6.26. The normalized spacial score (nSPS) is 24.0. The minimum absolute atomic E-state index is 0.505. The first-order chi connectivity index (χ1) is 10.2. The standard InChI is InChI=1S/C15H26N6/c1-3-12-10-20(2)7-4-8-21(12)14-9-13(19-16)17-15(18-14)11-5-6-11/h9,11-12H,3-8,10,16H2,1-2H3,(H,17,18,19). The van der Waals surface area contributed by atoms with Crippen molar-refractivity contribution in [2.24, 2.45) is 5.84 Å². The van der Waals surface area contributed by atoms with E-state index in [2.05, 4.69) is 34.2 Å². The molecule has 6 nitrogen and oxygen atoms in total. The van der Waals surface area contributed by atoms with Crippen molar-refractivity contribution in [2.75, 3.05) is 37.0 Å². The minimum Gasteiger partial charge on any atom is -0.352 e. The van der Waals surface area contributed by atoms with Crippen molar-refractivity contribution in [2.45, 2.75) is 44.6 Å². The van der Waals surface area contributed by atoms with Gasteiger partial charge in [-0.2, -0.15) is 0 Å². The third-order valence-electron chi connectivity index (χ3n) is 4.49. The third kappa shape index (κ3) is 3.27. The molecule has 0 radical (unpaired) electrons. The molecule has 0 amide bonds. The van der Waals surface area contributed by atoms with E-state index in [9.17, 15) is 0 Å². The topological polar surface area (TPSA) is 70.3 Å². The predicted octanol–water partition coefficient (Wildman–Crippen LogP) is 1.56. The Hall–Kier alpha value is -1.40. The van der Waals surface area contributed by atoms with Crippen LogP contribution >= 0.6 is 0 Å². The summed E-state index contributed by atoms with van der Waals surface area (Å²) < 4.78 is 0. The van der Waals surface area contributed by atoms with Crippen LogP contribution in [-0.2, 0) is 0 Å². The summed E-state index contributed by atoms with van der Waals surface area (Å²) in [5, 5.41) is 0. The first-order valence-corrected chi connectivity index (χ1v) is 8.02. The highest BCUT2D eigenvalue weighted by molar-refractivity contribution is 5.50. The third-order valence-corrected chi connectivity index (χ3v) is 4.49. The zero-order valence-electron chi connectivity index (χ0n) is 13.0. The maximum atomic E-state index is 5.59. The van der Waals surface area contributed by atoms with Crippen LogP contribution < -0.4 is 16.2 Å². The number of hydrazine groups is 1. The van der Waals surface area contributed by atoms with E-state index in [-0.39, 0.29) is 0 Å². The molecule has 21 heavy (non-hydrogen) atoms. The van der Waals surface area contributed by atoms with Crippen molar-refractivity contribution < 1.29 is 0 Å². The highest BCUT2D eigenvalue weighted by atomic mass is 15.3. The van der Waals surface area contributed by atoms with Gasteiger partial charge in [-0.3, -0.25) is 0 Å². The molecule has 0 aromatic carbocycles. The Balaban J connectivity index is 1.91. The van der Waals surface area contributed by atoms with E-state index in [1.54, 1.807) is 0 Å². The Morgan fingerprint density at radius 3 is 2.81 bits per heavy atom. The summed E-state index contributed by atoms with van der Waals surface area (Å²) in [5.74, 6) is 8.84. The summed E-state index contributed by atoms with van der Waals surface area (Å²) in [6.45, 7) is 5.54. The minimum atomic E-state index is 0.505. The molecule has 2 fully saturated rings. The second kappa shape index (κ2) is 6.15. The number of aromatic nitrogens is 2. The number of nitrogen functional groups attached to an aromatic ring is 1. The van der Waals surface area contributed by atoms with E-state index in [0.29, 0.717) is 12.0 Å². The van der Waals surface area contributed by atoms with Crippen molar-refractivity contribution >= 4 is 11.6 Å². The van der Waals surface area contributed by atoms with Gasteiger partial charge in [0.05, 0.1) is 0 Å². The van der Waals surface area contributed by atoms with Crippen LogP contribution in [0.3, 0.4) is 0 Å². The van der Waals surface area contributed by atoms with Gasteiger partial charge in [-0.05, 0) is 39.3 Å². The summed E-state index contributed by atoms with van der Waals surface area (Å²) in [7, 11) is 2.20. The van der Waals surface area contributed by atoms with Crippen molar-refractivity contribution in [3.05, 3.63) is 11.9 Å². The monoisotopic (exact) mass is 290 g/mol. The van der Waals surface area contributed by atoms with Crippen LogP contribution in [0.2, 0.25) is 0 Å². The maximum Gasteiger partial charge on any atom is 0.145 e. The number of likely N-dealkylation sites (N-methyl/N-ethyl adjacent to an activating group) is 1. The molecule has 3 rings (SSSR count). The van der Waals surface area contributed by atoms with E-state index >= 15 is 0 Å². The van der Waals surface area contributed by atoms with Gasteiger partial charge in [-0.15, -0.1) is 0 Å². The zero-order valence-corrected chi connectivity index (χ0v) is 13.0. The summed E-state index contributed by atoms with van der Waals surface area (Å²) in [6, 6.07) is 2.49. The average molecular weight is 290 g/mol. The molecule has 1 aromatic heterocycles. The molecule has 1 aromatic rings. The largest absolute Gasteiger partial charge is 0.352 e. The predicted molar refractivity (Wildman–Crippen MR) is 85.4 cm³/mol. The van der Waals surface area contributed by atoms with Gasteiger partial charge in [0.1, 0.15) is 17.5 Å². The Morgan fingerprint density at radius 1 is 1.33 bits per heavy atom. The molecule has 1 saturated carbocycles. The molecule has 1 aliphatic heterocycles. The van der Waals surface area contributed by atoms with E-state index in [1.807, 2.05) is 6.07 Å². The number of nitrogens with zero attached hydrogens (tertiary/aromatic N) is 4. The average Bonchev–Trinajstić information content (AvgIpc) is 3.33. The molecule has 2 aliphatic rings. The number of nitrogens with two attached hydrogens (primary N) is 1. The molecular weight excluding hydrogens is 264 g/mol. The van der Waals surface area contributed by atoms with E-state index < -0.39 is 0 Å². The highest BCUT2D eigenvalue weighted by Crippen LogP contribution is 2.39. The smallest absolute Gasteiger partial charge is 0.145 e. The Labute approximate surface area is 126 Å². The van der Waals surface area contributed by atoms with Crippen LogP contribution in [0.25, 0.3) is 0 Å². The van der Waals surface area contributed by atoms with Crippen LogP contribution in [-0.4, -0.2) is 47.6 Å². The molecule has 116 valence electrons. The number of hydrogen-bond donors (Lipinski definition) is 2. The summed E-state index contributed by atoms with van der Waals surface area (Å²) >= 11 is 0. The van der Waals surface area contributed by atoms with Gasteiger partial charge in [0.15, 0.2) is 0 Å². The van der Waals surface area contributed by atoms with Gasteiger partial charge in [0.2, 0.25) is 0 Å². The number of hydrogen-bond acceptors (Lipinski definition) is 6. The van der Waals surface area contributed by atoms with E-state index in [0.717, 1.165) is 43.5 Å². The van der Waals surface area contributed by atoms with E-state index in [4.69, 9.17) is 10.8 Å². The van der Waals surface area contributed by atoms with Crippen molar-refractivity contribution in [1.29, 1.82) is 0 Å². The van der Waals surface area contributed by atoms with E-state index in [1.165, 1.54) is 19.3 Å². The van der Waals surface area contributed by atoms with Crippen LogP contribution in [0, 0.1) is 0 Å². The molecule has 0 bridgehead atoms. The Bertz CT molecular complexity index is 487. The van der Waals surface area contributed by atoms with Gasteiger partial charge in [0, 0.05) is 31.1 Å². The van der Waals surface area contributed by atoms with Crippen LogP contribution in [0.5, 0.6) is 0 Å². The lowest BCUT2D eigenvalue weighted by molar-refractivity contribution is 0.327. The molecule has 2 heterocycles. The zero-order chi connectivity index (χ0) is 14.8. The van der Waals surface area contributed by atoms with Gasteiger partial charge in [-0.25, -0.2) is 15.8 Å². The molecule has 1 atom stereocenters. The summed E-state index contributed by atoms with van der Waals surface area (Å²) in [6.07, 6.45) is 4.69. The lowest BCUT2D eigenvalue weighted by atomic mass is 10.2. The molecule has 0 spiro atoms. The highest BCUT2D eigenvalue weighted by Gasteiger charge is 2.29. The number of rotatable bonds is 4. The maximum absolute atomic E-state index is 5.59. The van der Waals surface area contributed by atoms with Crippen molar-refractivity contribution in [3.8, 4) is 0 Å². The van der Waals surface area contributed by atoms with Gasteiger partial charge < -0.3 is 15.2 Å². The second-order valence-corrected chi connectivity index (χ2v) is 6.26. The quantitative estimate of drug-likeness (QED) is 0.648. The fraction of sp³-hybridized carbons (Fsp3) is 0.733. The van der Waals surface area contributed by atoms with Crippen molar-refractivity contribution in [3.63, 3.8) is 0 Å². The fourth-order valence-electron chi connectivity index (χ4n) is 3.09. The lowest BCUT2D eigenvalue weighted by Crippen LogP contribution is -2.40. The summed E-state index contributed by atoms with van der Waals surface area (Å²) in [4.78, 5) is 14.2. The van der Waals surface area contributed by atoms with Crippen LogP contribution in [0.1, 0.15) is 44.3 Å². The van der Waals surface area contributed by atoms with Crippen LogP contribution in [0.4, 0.5) is 11.6 Å². The molecule has 1 aliphatic carbocycles. The number of nitrogens with one attached hydrogen (secondary N) is 1. The van der Waals surface area contributed by atoms with Gasteiger partial charge >= 0.3 is 0 Å². The first kappa shape index (κ1) is 14.5. The Kier molecular flexibility index (Phi) is 4.26. The SMILES string of the molecule is CCC1CN(C)CCCN1c1cc(NN)nc(C2CC2)n1. The lowest BCUT2D eigenvalue weighted by Gasteiger charge is -2.31. The van der Waals surface area contributed by atoms with Gasteiger partial charge in [0.25, 0.3) is 0 Å². The Morgan fingerprint density at radius 2 is 2.14 bits per heavy atom. The fourth-order valence-corrected chi connectivity index (χ4v) is 3.09. The van der Waals surface area contributed by atoms with Crippen LogP contribution in [0.15, 0.2) is 6.07 Å². The van der Waals surface area contributed by atoms with Crippen molar-refractivity contribution in [1.82, 2.24) is 14.9 Å². The molecule has 1 saturated heterocycles. The number of anilines is 2. The molecule has 3 N–H and O–H groups in total. The summed E-state index contributed by atoms with van der Waals surface area (Å²) in [5.41, 5.74) is 2.70.